The minimum atomic E-state index is 0.886. The molecule has 2 nitrogen and oxygen atoms in total. The average molecular weight is 349 g/mol. The highest BCUT2D eigenvalue weighted by Crippen LogP contribution is 2.19. The number of benzene rings is 1. The molecule has 0 atom stereocenters. The van der Waals surface area contributed by atoms with Gasteiger partial charge in [-0.1, -0.05) is 64.5 Å². The van der Waals surface area contributed by atoms with Gasteiger partial charge in [0, 0.05) is 18.8 Å². The summed E-state index contributed by atoms with van der Waals surface area (Å²) < 4.78 is 0. The first-order valence-electron chi connectivity index (χ1n) is 9.72. The SMILES string of the molecule is CCCCCCN(CCCCCC)C(=S)Nc1cccc(C)c1C. The molecule has 0 radical (unpaired) electrons. The first kappa shape index (κ1) is 21.0. The lowest BCUT2D eigenvalue weighted by atomic mass is 10.1. The van der Waals surface area contributed by atoms with Crippen LogP contribution in [0.2, 0.25) is 0 Å². The molecule has 0 saturated heterocycles. The van der Waals surface area contributed by atoms with Gasteiger partial charge < -0.3 is 10.2 Å². The van der Waals surface area contributed by atoms with Gasteiger partial charge in [-0.15, -0.1) is 0 Å². The average Bonchev–Trinajstić information content (AvgIpc) is 2.57. The maximum absolute atomic E-state index is 5.73. The zero-order chi connectivity index (χ0) is 17.8. The van der Waals surface area contributed by atoms with Crippen LogP contribution in [0.3, 0.4) is 0 Å². The summed E-state index contributed by atoms with van der Waals surface area (Å²) in [6, 6.07) is 6.37. The summed E-state index contributed by atoms with van der Waals surface area (Å²) in [6.45, 7) is 11.0. The normalized spacial score (nSPS) is 10.7. The first-order chi connectivity index (χ1) is 11.6. The molecule has 3 heteroatoms. The van der Waals surface area contributed by atoms with Gasteiger partial charge in [0.25, 0.3) is 0 Å². The van der Waals surface area contributed by atoms with E-state index in [1.165, 1.54) is 62.5 Å². The molecule has 24 heavy (non-hydrogen) atoms. The van der Waals surface area contributed by atoms with Gasteiger partial charge in [-0.3, -0.25) is 0 Å². The van der Waals surface area contributed by atoms with Crippen LogP contribution in [0.1, 0.15) is 76.3 Å². The Balaban J connectivity index is 2.61. The monoisotopic (exact) mass is 348 g/mol. The van der Waals surface area contributed by atoms with Crippen molar-refractivity contribution < 1.29 is 0 Å². The summed E-state index contributed by atoms with van der Waals surface area (Å²) >= 11 is 5.73. The van der Waals surface area contributed by atoms with E-state index in [0.717, 1.165) is 23.9 Å². The van der Waals surface area contributed by atoms with Crippen molar-refractivity contribution in [3.05, 3.63) is 29.3 Å². The van der Waals surface area contributed by atoms with Crippen LogP contribution in [-0.2, 0) is 0 Å². The van der Waals surface area contributed by atoms with Crippen LogP contribution >= 0.6 is 12.2 Å². The lowest BCUT2D eigenvalue weighted by Crippen LogP contribution is -2.36. The van der Waals surface area contributed by atoms with Crippen molar-refractivity contribution in [1.29, 1.82) is 0 Å². The van der Waals surface area contributed by atoms with Gasteiger partial charge in [0.15, 0.2) is 5.11 Å². The molecule has 0 spiro atoms. The number of hydrogen-bond acceptors (Lipinski definition) is 1. The minimum Gasteiger partial charge on any atom is -0.349 e. The second-order valence-corrected chi connectivity index (χ2v) is 7.17. The van der Waals surface area contributed by atoms with Crippen molar-refractivity contribution in [1.82, 2.24) is 4.90 Å². The van der Waals surface area contributed by atoms with Crippen LogP contribution in [-0.4, -0.2) is 23.1 Å². The third-order valence-corrected chi connectivity index (χ3v) is 5.06. The van der Waals surface area contributed by atoms with Gasteiger partial charge in [0.2, 0.25) is 0 Å². The smallest absolute Gasteiger partial charge is 0.173 e. The van der Waals surface area contributed by atoms with E-state index in [0.29, 0.717) is 0 Å². The van der Waals surface area contributed by atoms with Crippen molar-refractivity contribution in [3.8, 4) is 0 Å². The maximum atomic E-state index is 5.73. The van der Waals surface area contributed by atoms with Crippen LogP contribution in [0.15, 0.2) is 18.2 Å². The molecule has 0 unspecified atom stereocenters. The van der Waals surface area contributed by atoms with Crippen LogP contribution in [0.25, 0.3) is 0 Å². The van der Waals surface area contributed by atoms with E-state index in [2.05, 4.69) is 56.1 Å². The third kappa shape index (κ3) is 7.65. The summed E-state index contributed by atoms with van der Waals surface area (Å²) in [7, 11) is 0. The van der Waals surface area contributed by atoms with Gasteiger partial charge in [0.1, 0.15) is 0 Å². The van der Waals surface area contributed by atoms with Crippen LogP contribution in [0, 0.1) is 13.8 Å². The summed E-state index contributed by atoms with van der Waals surface area (Å²) in [4.78, 5) is 2.38. The second kappa shape index (κ2) is 12.3. The zero-order valence-electron chi connectivity index (χ0n) is 16.2. The molecule has 0 aromatic heterocycles. The maximum Gasteiger partial charge on any atom is 0.173 e. The molecule has 0 aliphatic heterocycles. The van der Waals surface area contributed by atoms with Gasteiger partial charge in [-0.05, 0) is 56.1 Å². The third-order valence-electron chi connectivity index (χ3n) is 4.70. The summed E-state index contributed by atoms with van der Waals surface area (Å²) in [5, 5.41) is 4.38. The van der Waals surface area contributed by atoms with Crippen molar-refractivity contribution in [2.75, 3.05) is 18.4 Å². The second-order valence-electron chi connectivity index (χ2n) is 6.79. The van der Waals surface area contributed by atoms with Crippen molar-refractivity contribution >= 4 is 23.0 Å². The van der Waals surface area contributed by atoms with Gasteiger partial charge in [-0.25, -0.2) is 0 Å². The molecule has 1 aromatic carbocycles. The zero-order valence-corrected chi connectivity index (χ0v) is 17.0. The fourth-order valence-electron chi connectivity index (χ4n) is 2.85. The van der Waals surface area contributed by atoms with Crippen LogP contribution in [0.4, 0.5) is 5.69 Å². The topological polar surface area (TPSA) is 15.3 Å². The highest BCUT2D eigenvalue weighted by Gasteiger charge is 2.11. The Labute approximate surface area is 155 Å². The highest BCUT2D eigenvalue weighted by molar-refractivity contribution is 7.80. The summed E-state index contributed by atoms with van der Waals surface area (Å²) in [6.07, 6.45) is 10.3. The van der Waals surface area contributed by atoms with Crippen LogP contribution in [0.5, 0.6) is 0 Å². The predicted molar refractivity (Wildman–Crippen MR) is 112 cm³/mol. The lowest BCUT2D eigenvalue weighted by Gasteiger charge is -2.27. The number of anilines is 1. The van der Waals surface area contributed by atoms with Gasteiger partial charge >= 0.3 is 0 Å². The molecule has 0 bridgehead atoms. The van der Waals surface area contributed by atoms with E-state index < -0.39 is 0 Å². The molecule has 1 aromatic rings. The minimum absolute atomic E-state index is 0.886. The number of unbranched alkanes of at least 4 members (excludes halogenated alkanes) is 6. The Morgan fingerprint density at radius 2 is 1.50 bits per heavy atom. The lowest BCUT2D eigenvalue weighted by molar-refractivity contribution is 0.391. The van der Waals surface area contributed by atoms with E-state index >= 15 is 0 Å². The van der Waals surface area contributed by atoms with E-state index in [4.69, 9.17) is 12.2 Å². The molecule has 0 amide bonds. The number of hydrogen-bond donors (Lipinski definition) is 1. The molecule has 136 valence electrons. The number of nitrogens with zero attached hydrogens (tertiary/aromatic N) is 1. The Hall–Kier alpha value is -1.09. The molecule has 0 aliphatic carbocycles. The van der Waals surface area contributed by atoms with E-state index in [1.54, 1.807) is 0 Å². The predicted octanol–water partition coefficient (Wildman–Crippen LogP) is 6.46. The van der Waals surface area contributed by atoms with Gasteiger partial charge in [0.05, 0.1) is 0 Å². The van der Waals surface area contributed by atoms with Crippen molar-refractivity contribution in [2.24, 2.45) is 0 Å². The quantitative estimate of drug-likeness (QED) is 0.365. The molecule has 0 fully saturated rings. The Bertz CT molecular complexity index is 473. The Morgan fingerprint density at radius 3 is 2.04 bits per heavy atom. The molecule has 0 heterocycles. The number of aryl methyl sites for hydroxylation is 1. The molecular formula is C21H36N2S. The van der Waals surface area contributed by atoms with E-state index in [9.17, 15) is 0 Å². The molecule has 1 N–H and O–H groups in total. The van der Waals surface area contributed by atoms with Gasteiger partial charge in [-0.2, -0.15) is 0 Å². The standard InChI is InChI=1S/C21H36N2S/c1-5-7-9-11-16-23(17-12-10-8-6-2)21(24)22-20-15-13-14-18(3)19(20)4/h13-15H,5-12,16-17H2,1-4H3,(H,22,24). The van der Waals surface area contributed by atoms with E-state index in [-0.39, 0.29) is 0 Å². The number of rotatable bonds is 11. The Kier molecular flexibility index (Phi) is 10.7. The largest absolute Gasteiger partial charge is 0.349 e. The highest BCUT2D eigenvalue weighted by atomic mass is 32.1. The number of thiocarbonyl (C=S) groups is 1. The molecular weight excluding hydrogens is 312 g/mol. The molecule has 1 rings (SSSR count). The Morgan fingerprint density at radius 1 is 0.917 bits per heavy atom. The van der Waals surface area contributed by atoms with E-state index in [1.807, 2.05) is 0 Å². The molecule has 0 aliphatic rings. The number of nitrogens with one attached hydrogen (secondary N) is 1. The van der Waals surface area contributed by atoms with Crippen molar-refractivity contribution in [3.63, 3.8) is 0 Å². The first-order valence-corrected chi connectivity index (χ1v) is 10.1. The fraction of sp³-hybridized carbons (Fsp3) is 0.667. The van der Waals surface area contributed by atoms with Crippen molar-refractivity contribution in [2.45, 2.75) is 79.1 Å². The fourth-order valence-corrected chi connectivity index (χ4v) is 3.15. The summed E-state index contributed by atoms with van der Waals surface area (Å²) in [5.41, 5.74) is 3.74. The summed E-state index contributed by atoms with van der Waals surface area (Å²) in [5.74, 6) is 0. The van der Waals surface area contributed by atoms with Crippen LogP contribution < -0.4 is 5.32 Å². The molecule has 0 saturated carbocycles.